The Balaban J connectivity index is 1.46. The van der Waals surface area contributed by atoms with E-state index in [0.29, 0.717) is 28.9 Å². The first kappa shape index (κ1) is 30.1. The fourth-order valence-electron chi connectivity index (χ4n) is 5.09. The molecule has 0 aromatic heterocycles. The molecule has 4 aromatic rings. The Kier molecular flexibility index (Phi) is 8.54. The van der Waals surface area contributed by atoms with Crippen molar-refractivity contribution in [1.29, 1.82) is 0 Å². The largest absolute Gasteiger partial charge is 0.485 e. The van der Waals surface area contributed by atoms with Gasteiger partial charge in [-0.25, -0.2) is 8.42 Å². The average molecular weight is 609 g/mol. The number of ether oxygens (including phenoxy) is 1. The minimum absolute atomic E-state index is 0.0404. The van der Waals surface area contributed by atoms with Gasteiger partial charge in [0.25, 0.3) is 0 Å². The minimum Gasteiger partial charge on any atom is -0.485 e. The van der Waals surface area contributed by atoms with Gasteiger partial charge in [0.1, 0.15) is 11.4 Å². The van der Waals surface area contributed by atoms with Gasteiger partial charge in [-0.3, -0.25) is 0 Å². The molecule has 1 unspecified atom stereocenters. The lowest BCUT2D eigenvalue weighted by Gasteiger charge is -2.25. The number of hydrogen-bond acceptors (Lipinski definition) is 7. The fraction of sp³-hybridized carbons (Fsp3) is 0.118. The van der Waals surface area contributed by atoms with E-state index in [4.69, 9.17) is 26.6 Å². The van der Waals surface area contributed by atoms with Crippen molar-refractivity contribution in [3.8, 4) is 0 Å². The molecule has 44 heavy (non-hydrogen) atoms. The summed E-state index contributed by atoms with van der Waals surface area (Å²) in [5.41, 5.74) is 15.0. The van der Waals surface area contributed by atoms with Crippen LogP contribution in [0.25, 0.3) is 17.9 Å². The summed E-state index contributed by atoms with van der Waals surface area (Å²) in [6.45, 7) is 1.92. The first-order valence-electron chi connectivity index (χ1n) is 13.8. The Morgan fingerprint density at radius 1 is 0.795 bits per heavy atom. The maximum atomic E-state index is 14.0. The molecule has 1 heterocycles. The summed E-state index contributed by atoms with van der Waals surface area (Å²) < 4.78 is 34.6. The predicted octanol–water partition coefficient (Wildman–Crippen LogP) is 5.61. The summed E-state index contributed by atoms with van der Waals surface area (Å²) >= 11 is 0. The minimum atomic E-state index is -3.95. The number of benzene rings is 4. The second-order valence-electron chi connectivity index (χ2n) is 10.7. The van der Waals surface area contributed by atoms with Gasteiger partial charge >= 0.3 is 0 Å². The van der Waals surface area contributed by atoms with E-state index in [1.54, 1.807) is 12.1 Å². The SMILES string of the molecule is CC1(Cc2ccccc2)CC(S(=O)(=O)c2ccc(/C(N)=N/O)cc2)=C(c2ccc(/C=C/c3ccc(/C(N)=N/O)cc3)cc2)O1. The van der Waals surface area contributed by atoms with Gasteiger partial charge in [-0.05, 0) is 47.9 Å². The normalized spacial score (nSPS) is 17.7. The first-order valence-corrected chi connectivity index (χ1v) is 15.3. The van der Waals surface area contributed by atoms with E-state index in [2.05, 4.69) is 10.3 Å². The van der Waals surface area contributed by atoms with Crippen LogP contribution in [0.4, 0.5) is 0 Å². The molecule has 1 aliphatic heterocycles. The van der Waals surface area contributed by atoms with Crippen LogP contribution in [0.15, 0.2) is 123 Å². The third-order valence-corrected chi connectivity index (χ3v) is 9.28. The Hall–Kier alpha value is -5.35. The Morgan fingerprint density at radius 3 is 1.82 bits per heavy atom. The molecular weight excluding hydrogens is 576 g/mol. The van der Waals surface area contributed by atoms with Crippen molar-refractivity contribution in [1.82, 2.24) is 0 Å². The topological polar surface area (TPSA) is 161 Å². The van der Waals surface area contributed by atoms with Gasteiger partial charge in [0, 0.05) is 29.5 Å². The smallest absolute Gasteiger partial charge is 0.206 e. The van der Waals surface area contributed by atoms with Crippen LogP contribution >= 0.6 is 0 Å². The third-order valence-electron chi connectivity index (χ3n) is 7.40. The second-order valence-corrected chi connectivity index (χ2v) is 12.7. The van der Waals surface area contributed by atoms with Gasteiger partial charge < -0.3 is 26.6 Å². The second kappa shape index (κ2) is 12.5. The summed E-state index contributed by atoms with van der Waals surface area (Å²) in [6.07, 6.45) is 4.58. The number of nitrogens with two attached hydrogens (primary N) is 2. The van der Waals surface area contributed by atoms with Crippen LogP contribution in [0.2, 0.25) is 0 Å². The lowest BCUT2D eigenvalue weighted by molar-refractivity contribution is 0.0800. The maximum Gasteiger partial charge on any atom is 0.206 e. The lowest BCUT2D eigenvalue weighted by atomic mass is 9.94. The van der Waals surface area contributed by atoms with E-state index in [9.17, 15) is 8.42 Å². The molecule has 1 aliphatic rings. The van der Waals surface area contributed by atoms with Crippen LogP contribution in [0, 0.1) is 0 Å². The van der Waals surface area contributed by atoms with Crippen molar-refractivity contribution in [3.05, 3.63) is 141 Å². The highest BCUT2D eigenvalue weighted by Gasteiger charge is 2.43. The van der Waals surface area contributed by atoms with Gasteiger partial charge in [0.15, 0.2) is 11.7 Å². The van der Waals surface area contributed by atoms with Crippen LogP contribution in [-0.4, -0.2) is 36.1 Å². The zero-order valence-electron chi connectivity index (χ0n) is 24.0. The van der Waals surface area contributed by atoms with Crippen LogP contribution in [0.5, 0.6) is 0 Å². The van der Waals surface area contributed by atoms with Gasteiger partial charge in [-0.15, -0.1) is 0 Å². The number of nitrogens with zero attached hydrogens (tertiary/aromatic N) is 2. The lowest BCUT2D eigenvalue weighted by Crippen LogP contribution is -2.27. The fourth-order valence-corrected chi connectivity index (χ4v) is 6.77. The van der Waals surface area contributed by atoms with Crippen molar-refractivity contribution in [2.24, 2.45) is 21.8 Å². The van der Waals surface area contributed by atoms with E-state index in [1.165, 1.54) is 24.3 Å². The molecule has 0 spiro atoms. The van der Waals surface area contributed by atoms with Crippen molar-refractivity contribution in [3.63, 3.8) is 0 Å². The molecule has 0 radical (unpaired) electrons. The van der Waals surface area contributed by atoms with E-state index in [-0.39, 0.29) is 27.9 Å². The molecule has 0 saturated heterocycles. The van der Waals surface area contributed by atoms with Crippen LogP contribution in [0.1, 0.15) is 46.7 Å². The number of hydrogen-bond donors (Lipinski definition) is 4. The molecule has 0 amide bonds. The van der Waals surface area contributed by atoms with Crippen LogP contribution in [0.3, 0.4) is 0 Å². The average Bonchev–Trinajstić information content (AvgIpc) is 3.41. The summed E-state index contributed by atoms with van der Waals surface area (Å²) in [6, 6.07) is 30.5. The Morgan fingerprint density at radius 2 is 1.30 bits per heavy atom. The molecule has 6 N–H and O–H groups in total. The van der Waals surface area contributed by atoms with Crippen LogP contribution < -0.4 is 11.5 Å². The molecular formula is C34H32N4O5S. The zero-order valence-corrected chi connectivity index (χ0v) is 24.8. The highest BCUT2D eigenvalue weighted by molar-refractivity contribution is 7.95. The first-order chi connectivity index (χ1) is 21.1. The van der Waals surface area contributed by atoms with Gasteiger partial charge in [-0.2, -0.15) is 0 Å². The van der Waals surface area contributed by atoms with Crippen molar-refractivity contribution >= 4 is 39.4 Å². The molecule has 0 fully saturated rings. The van der Waals surface area contributed by atoms with Gasteiger partial charge in [0.05, 0.1) is 9.80 Å². The quantitative estimate of drug-likeness (QED) is 0.0631. The summed E-state index contributed by atoms with van der Waals surface area (Å²) in [5.74, 6) is 0.248. The van der Waals surface area contributed by atoms with Crippen molar-refractivity contribution in [2.75, 3.05) is 0 Å². The molecule has 9 nitrogen and oxygen atoms in total. The Labute approximate surface area is 256 Å². The monoisotopic (exact) mass is 608 g/mol. The van der Waals surface area contributed by atoms with Gasteiger partial charge in [-0.1, -0.05) is 101 Å². The molecule has 0 saturated carbocycles. The highest BCUT2D eigenvalue weighted by atomic mass is 32.2. The zero-order chi connectivity index (χ0) is 31.3. The maximum absolute atomic E-state index is 14.0. The van der Waals surface area contributed by atoms with Crippen molar-refractivity contribution < 1.29 is 23.6 Å². The third kappa shape index (κ3) is 6.50. The number of amidine groups is 2. The van der Waals surface area contributed by atoms with E-state index in [0.717, 1.165) is 16.7 Å². The van der Waals surface area contributed by atoms with E-state index < -0.39 is 15.4 Å². The standard InChI is InChI=1S/C34H32N4O5S/c1-34(21-25-5-3-2-4-6-25)22-30(44(41,42)29-19-17-28(18-20-29)33(36)38-40)31(43-34)26-13-9-23(10-14-26)7-8-24-11-15-27(16-12-24)32(35)37-39/h2-20,39-40H,21-22H2,1H3,(H2,35,37)(H2,36,38)/b8-7+. The molecule has 1 atom stereocenters. The van der Waals surface area contributed by atoms with Gasteiger partial charge in [0.2, 0.25) is 9.84 Å². The number of rotatable bonds is 9. The molecule has 10 heteroatoms. The summed E-state index contributed by atoms with van der Waals surface area (Å²) in [7, 11) is -3.95. The molecule has 0 bridgehead atoms. The van der Waals surface area contributed by atoms with Crippen molar-refractivity contribution in [2.45, 2.75) is 30.3 Å². The molecule has 4 aromatic carbocycles. The van der Waals surface area contributed by atoms with E-state index >= 15 is 0 Å². The predicted molar refractivity (Wildman–Crippen MR) is 172 cm³/mol. The molecule has 224 valence electrons. The molecule has 5 rings (SSSR count). The van der Waals surface area contributed by atoms with Crippen LogP contribution in [-0.2, 0) is 21.0 Å². The highest BCUT2D eigenvalue weighted by Crippen LogP contribution is 2.45. The molecule has 0 aliphatic carbocycles. The summed E-state index contributed by atoms with van der Waals surface area (Å²) in [4.78, 5) is 0.284. The Bertz CT molecular complexity index is 1870. The number of sulfone groups is 1. The number of oxime groups is 2. The summed E-state index contributed by atoms with van der Waals surface area (Å²) in [5, 5.41) is 23.8. The van der Waals surface area contributed by atoms with E-state index in [1.807, 2.05) is 85.8 Å².